The Kier molecular flexibility index (Phi) is 5.55. The maximum Gasteiger partial charge on any atom is 0.243 e. The molecule has 0 atom stereocenters. The highest BCUT2D eigenvalue weighted by Crippen LogP contribution is 2.26. The van der Waals surface area contributed by atoms with Gasteiger partial charge in [0, 0.05) is 16.0 Å². The molecule has 2 aromatic heterocycles. The van der Waals surface area contributed by atoms with E-state index in [1.807, 2.05) is 65.3 Å². The highest BCUT2D eigenvalue weighted by molar-refractivity contribution is 6.30. The fourth-order valence-corrected chi connectivity index (χ4v) is 3.25. The third-order valence-electron chi connectivity index (χ3n) is 4.51. The number of amides is 1. The second-order valence-electron chi connectivity index (χ2n) is 6.66. The van der Waals surface area contributed by atoms with Crippen molar-refractivity contribution in [2.75, 3.05) is 6.61 Å². The third kappa shape index (κ3) is 4.45. The molecule has 6 nitrogen and oxygen atoms in total. The summed E-state index contributed by atoms with van der Waals surface area (Å²) in [6.45, 7) is 0.672. The van der Waals surface area contributed by atoms with Gasteiger partial charge in [-0.15, -0.1) is 0 Å². The van der Waals surface area contributed by atoms with Gasteiger partial charge in [-0.25, -0.2) is 9.67 Å². The number of pyridine rings is 1. The number of fused-ring (bicyclic) bond motifs is 1. The molecule has 2 N–H and O–H groups in total. The normalized spacial score (nSPS) is 11.1. The molecule has 2 heterocycles. The topological polar surface area (TPSA) is 83.0 Å². The van der Waals surface area contributed by atoms with Crippen LogP contribution in [0.5, 0.6) is 0 Å². The molecule has 29 heavy (non-hydrogen) atoms. The van der Waals surface area contributed by atoms with E-state index in [4.69, 9.17) is 27.1 Å². The molecule has 0 saturated carbocycles. The quantitative estimate of drug-likeness (QED) is 0.506. The number of benzene rings is 2. The van der Waals surface area contributed by atoms with E-state index in [1.165, 1.54) is 0 Å². The predicted molar refractivity (Wildman–Crippen MR) is 112 cm³/mol. The molecule has 0 unspecified atom stereocenters. The lowest BCUT2D eigenvalue weighted by molar-refractivity contribution is -0.122. The van der Waals surface area contributed by atoms with Gasteiger partial charge in [-0.1, -0.05) is 54.1 Å². The number of halogens is 1. The van der Waals surface area contributed by atoms with E-state index in [0.717, 1.165) is 33.4 Å². The molecule has 0 radical (unpaired) electrons. The Bertz CT molecular complexity index is 1140. The van der Waals surface area contributed by atoms with Crippen molar-refractivity contribution < 1.29 is 9.53 Å². The second-order valence-corrected chi connectivity index (χ2v) is 7.09. The molecule has 0 spiro atoms. The number of carbonyl (C=O) groups is 1. The molecule has 0 bridgehead atoms. The average molecular weight is 407 g/mol. The van der Waals surface area contributed by atoms with Crippen LogP contribution in [0.2, 0.25) is 5.02 Å². The van der Waals surface area contributed by atoms with Crippen LogP contribution in [0.1, 0.15) is 11.1 Å². The zero-order valence-corrected chi connectivity index (χ0v) is 16.3. The van der Waals surface area contributed by atoms with Crippen LogP contribution < -0.4 is 5.73 Å². The second kappa shape index (κ2) is 8.43. The molecule has 2 aromatic carbocycles. The molecule has 0 fully saturated rings. The van der Waals surface area contributed by atoms with Crippen LogP contribution in [-0.2, 0) is 22.7 Å². The Morgan fingerprint density at radius 1 is 1.10 bits per heavy atom. The van der Waals surface area contributed by atoms with Crippen LogP contribution in [0.25, 0.3) is 22.3 Å². The lowest BCUT2D eigenvalue weighted by Crippen LogP contribution is -2.18. The van der Waals surface area contributed by atoms with E-state index < -0.39 is 5.91 Å². The first-order chi connectivity index (χ1) is 14.1. The summed E-state index contributed by atoms with van der Waals surface area (Å²) in [5.74, 6) is -0.503. The van der Waals surface area contributed by atoms with E-state index in [2.05, 4.69) is 5.10 Å². The van der Waals surface area contributed by atoms with E-state index in [9.17, 15) is 4.79 Å². The zero-order valence-electron chi connectivity index (χ0n) is 15.6. The minimum atomic E-state index is -0.503. The SMILES string of the molecule is NC(=O)COCc1cc(-c2ccccc2)nc2c1cnn2Cc1ccc(Cl)cc1. The van der Waals surface area contributed by atoms with Gasteiger partial charge in [0.2, 0.25) is 5.91 Å². The molecule has 0 saturated heterocycles. The van der Waals surface area contributed by atoms with E-state index in [-0.39, 0.29) is 13.2 Å². The largest absolute Gasteiger partial charge is 0.368 e. The highest BCUT2D eigenvalue weighted by atomic mass is 35.5. The number of nitrogens with zero attached hydrogens (tertiary/aromatic N) is 3. The van der Waals surface area contributed by atoms with Gasteiger partial charge >= 0.3 is 0 Å². The molecule has 146 valence electrons. The van der Waals surface area contributed by atoms with Crippen molar-refractivity contribution in [2.45, 2.75) is 13.2 Å². The first kappa shape index (κ1) is 19.1. The van der Waals surface area contributed by atoms with Gasteiger partial charge < -0.3 is 10.5 Å². The third-order valence-corrected chi connectivity index (χ3v) is 4.76. The maximum atomic E-state index is 11.0. The standard InChI is InChI=1S/C22H19ClN4O2/c23-18-8-6-15(7-9-18)12-27-22-19(11-25-27)17(13-29-14-21(24)28)10-20(26-22)16-4-2-1-3-5-16/h1-11H,12-14H2,(H2,24,28). The Morgan fingerprint density at radius 3 is 2.59 bits per heavy atom. The molecule has 1 amide bonds. The fraction of sp³-hybridized carbons (Fsp3) is 0.136. The smallest absolute Gasteiger partial charge is 0.243 e. The average Bonchev–Trinajstić information content (AvgIpc) is 3.13. The number of hydrogen-bond donors (Lipinski definition) is 1. The van der Waals surface area contributed by atoms with Crippen LogP contribution >= 0.6 is 11.6 Å². The van der Waals surface area contributed by atoms with Crippen LogP contribution in [0.15, 0.2) is 66.9 Å². The number of rotatable bonds is 7. The molecular formula is C22H19ClN4O2. The van der Waals surface area contributed by atoms with E-state index in [1.54, 1.807) is 6.20 Å². The minimum Gasteiger partial charge on any atom is -0.368 e. The van der Waals surface area contributed by atoms with Gasteiger partial charge in [0.15, 0.2) is 5.65 Å². The minimum absolute atomic E-state index is 0.136. The summed E-state index contributed by atoms with van der Waals surface area (Å²) < 4.78 is 7.32. The van der Waals surface area contributed by atoms with Crippen LogP contribution in [-0.4, -0.2) is 27.3 Å². The van der Waals surface area contributed by atoms with Gasteiger partial charge in [-0.05, 0) is 29.3 Å². The van der Waals surface area contributed by atoms with E-state index in [0.29, 0.717) is 11.6 Å². The summed E-state index contributed by atoms with van der Waals surface area (Å²) in [4.78, 5) is 15.9. The molecule has 0 aliphatic heterocycles. The van der Waals surface area contributed by atoms with Gasteiger partial charge in [0.1, 0.15) is 6.61 Å². The van der Waals surface area contributed by atoms with Crippen LogP contribution in [0.4, 0.5) is 0 Å². The molecule has 0 aliphatic carbocycles. The van der Waals surface area contributed by atoms with Crippen molar-refractivity contribution in [3.8, 4) is 11.3 Å². The number of primary amides is 1. The van der Waals surface area contributed by atoms with Gasteiger partial charge in [-0.3, -0.25) is 4.79 Å². The van der Waals surface area contributed by atoms with Crippen LogP contribution in [0, 0.1) is 0 Å². The number of ether oxygens (including phenoxy) is 1. The van der Waals surface area contributed by atoms with Gasteiger partial charge in [-0.2, -0.15) is 5.10 Å². The fourth-order valence-electron chi connectivity index (χ4n) is 3.13. The Morgan fingerprint density at radius 2 is 1.86 bits per heavy atom. The Balaban J connectivity index is 1.75. The molecule has 4 aromatic rings. The highest BCUT2D eigenvalue weighted by Gasteiger charge is 2.13. The predicted octanol–water partition coefficient (Wildman–Crippen LogP) is 3.80. The number of aromatic nitrogens is 3. The Hall–Kier alpha value is -3.22. The monoisotopic (exact) mass is 406 g/mol. The summed E-state index contributed by atoms with van der Waals surface area (Å²) in [5, 5.41) is 6.10. The summed E-state index contributed by atoms with van der Waals surface area (Å²) >= 11 is 5.99. The van der Waals surface area contributed by atoms with Crippen molar-refractivity contribution in [3.05, 3.63) is 83.0 Å². The summed E-state index contributed by atoms with van der Waals surface area (Å²) in [7, 11) is 0. The first-order valence-electron chi connectivity index (χ1n) is 9.11. The van der Waals surface area contributed by atoms with Gasteiger partial charge in [0.05, 0.1) is 25.0 Å². The summed E-state index contributed by atoms with van der Waals surface area (Å²) in [6.07, 6.45) is 1.77. The molecule has 0 aliphatic rings. The van der Waals surface area contributed by atoms with Crippen molar-refractivity contribution in [1.82, 2.24) is 14.8 Å². The maximum absolute atomic E-state index is 11.0. The van der Waals surface area contributed by atoms with Crippen LogP contribution in [0.3, 0.4) is 0 Å². The number of nitrogens with two attached hydrogens (primary N) is 1. The molecular weight excluding hydrogens is 388 g/mol. The summed E-state index contributed by atoms with van der Waals surface area (Å²) in [6, 6.07) is 19.5. The van der Waals surface area contributed by atoms with Gasteiger partial charge in [0.25, 0.3) is 0 Å². The Labute approximate surface area is 172 Å². The van der Waals surface area contributed by atoms with Crippen molar-refractivity contribution in [1.29, 1.82) is 0 Å². The first-order valence-corrected chi connectivity index (χ1v) is 9.49. The van der Waals surface area contributed by atoms with Crippen molar-refractivity contribution >= 4 is 28.5 Å². The van der Waals surface area contributed by atoms with Crippen molar-refractivity contribution in [2.24, 2.45) is 5.73 Å². The van der Waals surface area contributed by atoms with E-state index >= 15 is 0 Å². The molecule has 4 rings (SSSR count). The lowest BCUT2D eigenvalue weighted by atomic mass is 10.1. The number of carbonyl (C=O) groups excluding carboxylic acids is 1. The lowest BCUT2D eigenvalue weighted by Gasteiger charge is -2.09. The summed E-state index contributed by atoms with van der Waals surface area (Å²) in [5.41, 5.74) is 9.71. The molecule has 7 heteroatoms. The van der Waals surface area contributed by atoms with Crippen molar-refractivity contribution in [3.63, 3.8) is 0 Å². The zero-order chi connectivity index (χ0) is 20.2. The number of hydrogen-bond acceptors (Lipinski definition) is 4.